The first-order chi connectivity index (χ1) is 12.1. The zero-order valence-corrected chi connectivity index (χ0v) is 15.0. The number of halogens is 1. The highest BCUT2D eigenvalue weighted by molar-refractivity contribution is 6.30. The van der Waals surface area contributed by atoms with Crippen LogP contribution in [-0.2, 0) is 4.74 Å². The summed E-state index contributed by atoms with van der Waals surface area (Å²) in [7, 11) is 0. The minimum atomic E-state index is -0.117. The highest BCUT2D eigenvalue weighted by Gasteiger charge is 2.16. The fourth-order valence-electron chi connectivity index (χ4n) is 2.78. The molecule has 1 aliphatic rings. The molecule has 1 saturated heterocycles. The summed E-state index contributed by atoms with van der Waals surface area (Å²) in [4.78, 5) is 12.4. The first-order valence-corrected chi connectivity index (χ1v) is 8.90. The van der Waals surface area contributed by atoms with E-state index in [2.05, 4.69) is 5.32 Å². The molecule has 2 unspecified atom stereocenters. The molecule has 0 saturated carbocycles. The average molecular weight is 360 g/mol. The molecule has 0 aromatic heterocycles. The van der Waals surface area contributed by atoms with E-state index in [4.69, 9.17) is 21.1 Å². The van der Waals surface area contributed by atoms with E-state index in [1.807, 2.05) is 43.3 Å². The van der Waals surface area contributed by atoms with E-state index >= 15 is 0 Å². The summed E-state index contributed by atoms with van der Waals surface area (Å²) in [5, 5.41) is 3.67. The van der Waals surface area contributed by atoms with E-state index in [0.29, 0.717) is 17.2 Å². The number of carbonyl (C=O) groups excluding carboxylic acids is 1. The molecule has 1 amide bonds. The predicted molar refractivity (Wildman–Crippen MR) is 98.2 cm³/mol. The van der Waals surface area contributed by atoms with Crippen LogP contribution in [0.5, 0.6) is 5.75 Å². The van der Waals surface area contributed by atoms with Crippen molar-refractivity contribution in [3.05, 3.63) is 64.7 Å². The Hall–Kier alpha value is -2.04. The van der Waals surface area contributed by atoms with Gasteiger partial charge in [-0.3, -0.25) is 4.79 Å². The molecular formula is C20H22ClNO3. The highest BCUT2D eigenvalue weighted by Crippen LogP contribution is 2.19. The minimum absolute atomic E-state index is 0.0970. The molecule has 0 radical (unpaired) electrons. The maximum Gasteiger partial charge on any atom is 0.251 e. The smallest absolute Gasteiger partial charge is 0.251 e. The second-order valence-electron chi connectivity index (χ2n) is 6.22. The molecule has 1 N–H and O–H groups in total. The predicted octanol–water partition coefficient (Wildman–Crippen LogP) is 4.39. The summed E-state index contributed by atoms with van der Waals surface area (Å²) >= 11 is 5.89. The number of carbonyl (C=O) groups is 1. The number of benzene rings is 2. The molecule has 0 spiro atoms. The van der Waals surface area contributed by atoms with Crippen LogP contribution in [-0.4, -0.2) is 25.2 Å². The van der Waals surface area contributed by atoms with Crippen LogP contribution in [0, 0.1) is 0 Å². The molecule has 1 fully saturated rings. The molecule has 1 heterocycles. The van der Waals surface area contributed by atoms with Crippen LogP contribution in [0.2, 0.25) is 5.02 Å². The van der Waals surface area contributed by atoms with E-state index in [1.165, 1.54) is 0 Å². The normalized spacial score (nSPS) is 17.9. The maximum absolute atomic E-state index is 12.4. The molecule has 0 aliphatic carbocycles. The third-order valence-corrected chi connectivity index (χ3v) is 4.55. The van der Waals surface area contributed by atoms with Crippen LogP contribution < -0.4 is 10.1 Å². The Morgan fingerprint density at radius 3 is 2.60 bits per heavy atom. The van der Waals surface area contributed by atoms with Crippen molar-refractivity contribution in [2.45, 2.75) is 31.9 Å². The summed E-state index contributed by atoms with van der Waals surface area (Å²) in [6.07, 6.45) is 2.32. The van der Waals surface area contributed by atoms with Crippen molar-refractivity contribution in [1.29, 1.82) is 0 Å². The van der Waals surface area contributed by atoms with Gasteiger partial charge >= 0.3 is 0 Å². The Labute approximate surface area is 153 Å². The standard InChI is InChI=1S/C20H22ClNO3/c1-14(15-4-8-17(21)9-5-15)22-20(23)16-6-10-18(11-7-16)25-13-19-3-2-12-24-19/h4-11,14,19H,2-3,12-13H2,1H3,(H,22,23). The fourth-order valence-corrected chi connectivity index (χ4v) is 2.91. The van der Waals surface area contributed by atoms with E-state index in [-0.39, 0.29) is 18.1 Å². The van der Waals surface area contributed by atoms with Crippen molar-refractivity contribution in [1.82, 2.24) is 5.32 Å². The molecule has 2 aromatic rings. The summed E-state index contributed by atoms with van der Waals surface area (Å²) in [5.41, 5.74) is 1.61. The molecule has 2 atom stereocenters. The first-order valence-electron chi connectivity index (χ1n) is 8.52. The van der Waals surface area contributed by atoms with Gasteiger partial charge in [0.2, 0.25) is 0 Å². The monoisotopic (exact) mass is 359 g/mol. The number of amides is 1. The molecule has 5 heteroatoms. The van der Waals surface area contributed by atoms with Gasteiger partial charge in [-0.2, -0.15) is 0 Å². The van der Waals surface area contributed by atoms with Crippen molar-refractivity contribution in [2.24, 2.45) is 0 Å². The Morgan fingerprint density at radius 2 is 1.96 bits per heavy atom. The SMILES string of the molecule is CC(NC(=O)c1ccc(OCC2CCCO2)cc1)c1ccc(Cl)cc1. The van der Waals surface area contributed by atoms with E-state index in [0.717, 1.165) is 30.8 Å². The third-order valence-electron chi connectivity index (χ3n) is 4.29. The zero-order valence-electron chi connectivity index (χ0n) is 14.2. The van der Waals surface area contributed by atoms with Gasteiger partial charge in [-0.1, -0.05) is 23.7 Å². The lowest BCUT2D eigenvalue weighted by molar-refractivity contribution is 0.0679. The van der Waals surface area contributed by atoms with Crippen molar-refractivity contribution >= 4 is 17.5 Å². The van der Waals surface area contributed by atoms with Crippen molar-refractivity contribution in [3.63, 3.8) is 0 Å². The largest absolute Gasteiger partial charge is 0.491 e. The van der Waals surface area contributed by atoms with Crippen LogP contribution in [0.4, 0.5) is 0 Å². The lowest BCUT2D eigenvalue weighted by Crippen LogP contribution is -2.26. The van der Waals surface area contributed by atoms with E-state index < -0.39 is 0 Å². The molecule has 1 aliphatic heterocycles. The second kappa shape index (κ2) is 8.37. The topological polar surface area (TPSA) is 47.6 Å². The Bertz CT molecular complexity index is 694. The second-order valence-corrected chi connectivity index (χ2v) is 6.65. The van der Waals surface area contributed by atoms with Crippen molar-refractivity contribution in [3.8, 4) is 5.75 Å². The van der Waals surface area contributed by atoms with Gasteiger partial charge in [0.1, 0.15) is 12.4 Å². The number of hydrogen-bond donors (Lipinski definition) is 1. The van der Waals surface area contributed by atoms with Crippen molar-refractivity contribution in [2.75, 3.05) is 13.2 Å². The fraction of sp³-hybridized carbons (Fsp3) is 0.350. The van der Waals surface area contributed by atoms with Crippen LogP contribution >= 0.6 is 11.6 Å². The zero-order chi connectivity index (χ0) is 17.6. The molecule has 25 heavy (non-hydrogen) atoms. The van der Waals surface area contributed by atoms with Gasteiger partial charge in [0, 0.05) is 17.2 Å². The van der Waals surface area contributed by atoms with E-state index in [1.54, 1.807) is 12.1 Å². The van der Waals surface area contributed by atoms with Gasteiger partial charge in [-0.15, -0.1) is 0 Å². The van der Waals surface area contributed by atoms with E-state index in [9.17, 15) is 4.79 Å². The number of ether oxygens (including phenoxy) is 2. The molecule has 3 rings (SSSR count). The maximum atomic E-state index is 12.4. The van der Waals surface area contributed by atoms with Crippen LogP contribution in [0.15, 0.2) is 48.5 Å². The molecule has 132 valence electrons. The van der Waals surface area contributed by atoms with Gasteiger partial charge < -0.3 is 14.8 Å². The number of nitrogens with one attached hydrogen (secondary N) is 1. The lowest BCUT2D eigenvalue weighted by Gasteiger charge is -2.15. The van der Waals surface area contributed by atoms with Gasteiger partial charge in [0.15, 0.2) is 0 Å². The third kappa shape index (κ3) is 4.97. The average Bonchev–Trinajstić information content (AvgIpc) is 3.14. The lowest BCUT2D eigenvalue weighted by atomic mass is 10.1. The Morgan fingerprint density at radius 1 is 1.24 bits per heavy atom. The summed E-state index contributed by atoms with van der Waals surface area (Å²) in [5.74, 6) is 0.630. The molecule has 4 nitrogen and oxygen atoms in total. The van der Waals surface area contributed by atoms with Crippen LogP contribution in [0.1, 0.15) is 41.7 Å². The van der Waals surface area contributed by atoms with Gasteiger partial charge in [-0.05, 0) is 61.7 Å². The van der Waals surface area contributed by atoms with Crippen LogP contribution in [0.3, 0.4) is 0 Å². The van der Waals surface area contributed by atoms with Crippen molar-refractivity contribution < 1.29 is 14.3 Å². The molecule has 0 bridgehead atoms. The summed E-state index contributed by atoms with van der Waals surface area (Å²) in [6, 6.07) is 14.5. The molecule has 2 aromatic carbocycles. The quantitative estimate of drug-likeness (QED) is 0.832. The Balaban J connectivity index is 1.53. The van der Waals surface area contributed by atoms with Gasteiger partial charge in [0.25, 0.3) is 5.91 Å². The van der Waals surface area contributed by atoms with Gasteiger partial charge in [0.05, 0.1) is 12.1 Å². The minimum Gasteiger partial charge on any atom is -0.491 e. The number of hydrogen-bond acceptors (Lipinski definition) is 3. The van der Waals surface area contributed by atoms with Crippen LogP contribution in [0.25, 0.3) is 0 Å². The summed E-state index contributed by atoms with van der Waals surface area (Å²) < 4.78 is 11.2. The summed E-state index contributed by atoms with van der Waals surface area (Å²) in [6.45, 7) is 3.32. The molecular weight excluding hydrogens is 338 g/mol. The first kappa shape index (κ1) is 17.8. The Kier molecular flexibility index (Phi) is 5.95. The number of rotatable bonds is 6. The van der Waals surface area contributed by atoms with Gasteiger partial charge in [-0.25, -0.2) is 0 Å². The highest BCUT2D eigenvalue weighted by atomic mass is 35.5.